The van der Waals surface area contributed by atoms with Crippen molar-refractivity contribution in [3.8, 4) is 11.8 Å². The van der Waals surface area contributed by atoms with E-state index < -0.39 is 13.9 Å². The number of anilines is 1. The maximum Gasteiger partial charge on any atom is 0.350 e. The van der Waals surface area contributed by atoms with Crippen LogP contribution in [0.3, 0.4) is 0 Å². The minimum Gasteiger partial charge on any atom is -0.494 e. The van der Waals surface area contributed by atoms with E-state index in [4.69, 9.17) is 19.3 Å². The third kappa shape index (κ3) is 4.57. The van der Waals surface area contributed by atoms with Crippen LogP contribution in [0.25, 0.3) is 10.9 Å². The number of benzene rings is 1. The Bertz CT molecular complexity index is 908. The largest absolute Gasteiger partial charge is 0.494 e. The summed E-state index contributed by atoms with van der Waals surface area (Å²) >= 11 is 0. The molecule has 0 bridgehead atoms. The van der Waals surface area contributed by atoms with Gasteiger partial charge in [-0.1, -0.05) is 12.1 Å². The van der Waals surface area contributed by atoms with Crippen molar-refractivity contribution in [1.29, 1.82) is 5.26 Å². The molecule has 1 atom stereocenters. The van der Waals surface area contributed by atoms with Crippen LogP contribution in [0.15, 0.2) is 24.4 Å². The molecule has 0 spiro atoms. The fraction of sp³-hybridized carbons (Fsp3) is 0.444. The molecule has 1 aromatic carbocycles. The Hall–Kier alpha value is -2.17. The van der Waals surface area contributed by atoms with E-state index >= 15 is 0 Å². The number of para-hydroxylation sites is 1. The van der Waals surface area contributed by atoms with Gasteiger partial charge in [0.2, 0.25) is 0 Å². The predicted molar refractivity (Wildman–Crippen MR) is 101 cm³/mol. The normalized spacial score (nSPS) is 17.7. The van der Waals surface area contributed by atoms with Crippen LogP contribution in [0.2, 0.25) is 0 Å². The minimum atomic E-state index is -4.16. The van der Waals surface area contributed by atoms with Crippen LogP contribution in [-0.2, 0) is 9.30 Å². The van der Waals surface area contributed by atoms with Crippen LogP contribution in [0.4, 0.5) is 5.69 Å². The van der Waals surface area contributed by atoms with Gasteiger partial charge < -0.3 is 24.2 Å². The number of piperidine rings is 1. The van der Waals surface area contributed by atoms with E-state index in [1.807, 2.05) is 18.2 Å². The number of ether oxygens (including phenoxy) is 2. The number of fused-ring (bicyclic) bond motifs is 1. The molecule has 1 fully saturated rings. The van der Waals surface area contributed by atoms with Gasteiger partial charge in [-0.25, -0.2) is 0 Å². The number of pyridine rings is 1. The van der Waals surface area contributed by atoms with Gasteiger partial charge in [-0.05, 0) is 24.8 Å². The van der Waals surface area contributed by atoms with E-state index in [0.29, 0.717) is 23.4 Å². The minimum absolute atomic E-state index is 0.130. The lowest BCUT2D eigenvalue weighted by Gasteiger charge is -2.35. The third-order valence-corrected chi connectivity index (χ3v) is 5.14. The number of aromatic nitrogens is 1. The molecule has 0 amide bonds. The highest BCUT2D eigenvalue weighted by atomic mass is 31.2. The van der Waals surface area contributed by atoms with Gasteiger partial charge in [-0.3, -0.25) is 9.55 Å². The first-order valence-corrected chi connectivity index (χ1v) is 10.5. The average Bonchev–Trinajstić information content (AvgIpc) is 2.65. The molecule has 0 aliphatic carbocycles. The summed E-state index contributed by atoms with van der Waals surface area (Å²) in [6.45, 7) is 1.71. The molecule has 1 aromatic heterocycles. The Morgan fingerprint density at radius 3 is 2.96 bits per heavy atom. The first kappa shape index (κ1) is 19.6. The van der Waals surface area contributed by atoms with Crippen LogP contribution in [-0.4, -0.2) is 47.9 Å². The number of rotatable bonds is 6. The summed E-state index contributed by atoms with van der Waals surface area (Å²) in [7, 11) is -2.58. The van der Waals surface area contributed by atoms with E-state index in [0.717, 1.165) is 30.5 Å². The number of hydrogen-bond acceptors (Lipinski definition) is 6. The lowest BCUT2D eigenvalue weighted by molar-refractivity contribution is 0.114. The van der Waals surface area contributed by atoms with Gasteiger partial charge in [0.1, 0.15) is 23.7 Å². The van der Waals surface area contributed by atoms with Crippen molar-refractivity contribution >= 4 is 24.2 Å². The zero-order valence-corrected chi connectivity index (χ0v) is 15.9. The fourth-order valence-corrected chi connectivity index (χ4v) is 3.85. The zero-order chi connectivity index (χ0) is 19.4. The highest BCUT2D eigenvalue weighted by Crippen LogP contribution is 2.37. The molecule has 27 heavy (non-hydrogen) atoms. The fourth-order valence-electron chi connectivity index (χ4n) is 3.51. The summed E-state index contributed by atoms with van der Waals surface area (Å²) in [6, 6.07) is 7.85. The number of nitrogens with zero attached hydrogens (tertiary/aromatic N) is 3. The van der Waals surface area contributed by atoms with Crippen molar-refractivity contribution in [3.05, 3.63) is 30.0 Å². The smallest absolute Gasteiger partial charge is 0.350 e. The van der Waals surface area contributed by atoms with E-state index in [-0.39, 0.29) is 12.5 Å². The van der Waals surface area contributed by atoms with Crippen LogP contribution in [0.1, 0.15) is 18.4 Å². The molecule has 2 aromatic rings. The van der Waals surface area contributed by atoms with E-state index in [1.165, 1.54) is 0 Å². The van der Waals surface area contributed by atoms with Crippen LogP contribution >= 0.6 is 7.60 Å². The second kappa shape index (κ2) is 8.24. The summed E-state index contributed by atoms with van der Waals surface area (Å²) in [5.74, 6) is 0.780. The Balaban J connectivity index is 1.87. The molecule has 0 saturated carbocycles. The van der Waals surface area contributed by atoms with Gasteiger partial charge in [-0.2, -0.15) is 5.26 Å². The number of hydrogen-bond donors (Lipinski definition) is 2. The molecular weight excluding hydrogens is 369 g/mol. The summed E-state index contributed by atoms with van der Waals surface area (Å²) in [5, 5.41) is 10.4. The van der Waals surface area contributed by atoms with Crippen LogP contribution < -0.4 is 9.64 Å². The van der Waals surface area contributed by atoms with Crippen molar-refractivity contribution in [2.24, 2.45) is 5.92 Å². The second-order valence-corrected chi connectivity index (χ2v) is 8.20. The Labute approximate surface area is 157 Å². The molecule has 8 nitrogen and oxygen atoms in total. The van der Waals surface area contributed by atoms with Crippen molar-refractivity contribution in [2.45, 2.75) is 12.8 Å². The Morgan fingerprint density at radius 1 is 1.44 bits per heavy atom. The highest BCUT2D eigenvalue weighted by Gasteiger charge is 2.25. The second-order valence-electron chi connectivity index (χ2n) is 6.61. The molecule has 9 heteroatoms. The van der Waals surface area contributed by atoms with Crippen molar-refractivity contribution in [2.75, 3.05) is 38.1 Å². The Kier molecular flexibility index (Phi) is 5.98. The van der Waals surface area contributed by atoms with Crippen molar-refractivity contribution in [1.82, 2.24) is 4.98 Å². The molecule has 1 unspecified atom stereocenters. The van der Waals surface area contributed by atoms with Gasteiger partial charge >= 0.3 is 7.60 Å². The summed E-state index contributed by atoms with van der Waals surface area (Å²) in [5.41, 5.74) is 2.02. The first-order valence-electron chi connectivity index (χ1n) is 8.66. The van der Waals surface area contributed by atoms with Gasteiger partial charge in [0.25, 0.3) is 0 Å². The van der Waals surface area contributed by atoms with Gasteiger partial charge in [0.15, 0.2) is 0 Å². The maximum absolute atomic E-state index is 11.0. The maximum atomic E-state index is 11.0. The summed E-state index contributed by atoms with van der Waals surface area (Å²) < 4.78 is 21.6. The topological polar surface area (TPSA) is 116 Å². The standard InChI is InChI=1S/C18H22N3O5P/c1-25-16-6-2-5-15-17(16)20-9-14(8-19)18(15)21-7-3-4-13(10-21)11-26-12-27(22,23)24/h2,5-6,9,13H,3-4,7,10-12H2,1H3,(H2,22,23,24). The van der Waals surface area contributed by atoms with Crippen LogP contribution in [0, 0.1) is 17.2 Å². The van der Waals surface area contributed by atoms with Gasteiger partial charge in [-0.15, -0.1) is 0 Å². The quantitative estimate of drug-likeness (QED) is 0.722. The lowest BCUT2D eigenvalue weighted by Crippen LogP contribution is -2.37. The van der Waals surface area contributed by atoms with E-state index in [9.17, 15) is 9.83 Å². The molecule has 0 radical (unpaired) electrons. The third-order valence-electron chi connectivity index (χ3n) is 4.62. The lowest BCUT2D eigenvalue weighted by atomic mass is 9.97. The van der Waals surface area contributed by atoms with Crippen molar-refractivity contribution in [3.63, 3.8) is 0 Å². The zero-order valence-electron chi connectivity index (χ0n) is 15.0. The summed E-state index contributed by atoms with van der Waals surface area (Å²) in [6.07, 6.45) is 2.81. The predicted octanol–water partition coefficient (Wildman–Crippen LogP) is 2.48. The molecule has 1 aliphatic heterocycles. The Morgan fingerprint density at radius 2 is 2.26 bits per heavy atom. The number of nitriles is 1. The number of methoxy groups -OCH3 is 1. The molecule has 1 aliphatic rings. The molecular formula is C18H22N3O5P. The molecule has 144 valence electrons. The molecule has 2 heterocycles. The molecule has 3 rings (SSSR count). The van der Waals surface area contributed by atoms with E-state index in [2.05, 4.69) is 16.0 Å². The monoisotopic (exact) mass is 391 g/mol. The SMILES string of the molecule is COc1cccc2c(N3CCCC(COCP(=O)(O)O)C3)c(C#N)cnc12. The average molecular weight is 391 g/mol. The molecule has 1 saturated heterocycles. The van der Waals surface area contributed by atoms with Gasteiger partial charge in [0.05, 0.1) is 25.0 Å². The summed E-state index contributed by atoms with van der Waals surface area (Å²) in [4.78, 5) is 24.4. The van der Waals surface area contributed by atoms with E-state index in [1.54, 1.807) is 13.3 Å². The van der Waals surface area contributed by atoms with Crippen molar-refractivity contribution < 1.29 is 23.8 Å². The van der Waals surface area contributed by atoms with Crippen LogP contribution in [0.5, 0.6) is 5.75 Å². The first-order chi connectivity index (χ1) is 12.9. The molecule has 2 N–H and O–H groups in total. The highest BCUT2D eigenvalue weighted by molar-refractivity contribution is 7.51. The van der Waals surface area contributed by atoms with Gasteiger partial charge in [0, 0.05) is 24.7 Å².